The number of hydrogen-bond acceptors (Lipinski definition) is 5. The van der Waals surface area contributed by atoms with Crippen LogP contribution in [0.3, 0.4) is 0 Å². The zero-order chi connectivity index (χ0) is 14.7. The van der Waals surface area contributed by atoms with E-state index in [1.807, 2.05) is 19.9 Å². The Hall–Kier alpha value is -0.810. The average Bonchev–Trinajstić information content (AvgIpc) is 2.95. The lowest BCUT2D eigenvalue weighted by atomic mass is 9.94. The lowest BCUT2D eigenvalue weighted by Crippen LogP contribution is -2.54. The zero-order valence-electron chi connectivity index (χ0n) is 13.2. The molecule has 1 aliphatic heterocycles. The highest BCUT2D eigenvalue weighted by atomic mass is 32.2. The molecular formula is C16H26N4S. The highest BCUT2D eigenvalue weighted by Gasteiger charge is 2.39. The number of anilines is 1. The van der Waals surface area contributed by atoms with Crippen molar-refractivity contribution in [1.82, 2.24) is 14.9 Å². The highest BCUT2D eigenvalue weighted by molar-refractivity contribution is 7.99. The van der Waals surface area contributed by atoms with Crippen molar-refractivity contribution in [2.45, 2.75) is 45.1 Å². The SMILES string of the molecule is Cc1cc(C)nc(NCC2(N3CCSCC3)CCCC2)n1. The van der Waals surface area contributed by atoms with Crippen LogP contribution in [0.1, 0.15) is 37.1 Å². The van der Waals surface area contributed by atoms with Gasteiger partial charge in [-0.1, -0.05) is 12.8 Å². The summed E-state index contributed by atoms with van der Waals surface area (Å²) >= 11 is 2.09. The Morgan fingerprint density at radius 2 is 1.76 bits per heavy atom. The van der Waals surface area contributed by atoms with Gasteiger partial charge in [-0.25, -0.2) is 9.97 Å². The lowest BCUT2D eigenvalue weighted by molar-refractivity contribution is 0.116. The second kappa shape index (κ2) is 6.53. The molecule has 1 aliphatic carbocycles. The Balaban J connectivity index is 1.70. The summed E-state index contributed by atoms with van der Waals surface area (Å²) in [5, 5.41) is 3.54. The first-order chi connectivity index (χ1) is 10.2. The van der Waals surface area contributed by atoms with Crippen LogP contribution in [0.5, 0.6) is 0 Å². The van der Waals surface area contributed by atoms with E-state index in [0.29, 0.717) is 5.54 Å². The summed E-state index contributed by atoms with van der Waals surface area (Å²) in [6.45, 7) is 7.53. The molecule has 0 bridgehead atoms. The quantitative estimate of drug-likeness (QED) is 0.926. The zero-order valence-corrected chi connectivity index (χ0v) is 14.0. The number of thioether (sulfide) groups is 1. The lowest BCUT2D eigenvalue weighted by Gasteiger charge is -2.43. The molecule has 2 heterocycles. The molecule has 0 unspecified atom stereocenters. The van der Waals surface area contributed by atoms with E-state index in [-0.39, 0.29) is 0 Å². The standard InChI is InChI=1S/C16H26N4S/c1-13-11-14(2)19-15(18-13)17-12-16(5-3-4-6-16)20-7-9-21-10-8-20/h11H,3-10,12H2,1-2H3,(H,17,18,19). The summed E-state index contributed by atoms with van der Waals surface area (Å²) in [5.41, 5.74) is 2.42. The van der Waals surface area contributed by atoms with Crippen LogP contribution in [-0.2, 0) is 0 Å². The molecule has 0 atom stereocenters. The van der Waals surface area contributed by atoms with Gasteiger partial charge in [0.1, 0.15) is 0 Å². The summed E-state index contributed by atoms with van der Waals surface area (Å²) in [7, 11) is 0. The summed E-state index contributed by atoms with van der Waals surface area (Å²) in [4.78, 5) is 11.8. The van der Waals surface area contributed by atoms with Crippen molar-refractivity contribution < 1.29 is 0 Å². The maximum Gasteiger partial charge on any atom is 0.223 e. The largest absolute Gasteiger partial charge is 0.352 e. The van der Waals surface area contributed by atoms with Crippen molar-refractivity contribution in [1.29, 1.82) is 0 Å². The third-order valence-corrected chi connectivity index (χ3v) is 5.72. The van der Waals surface area contributed by atoms with Crippen LogP contribution in [0.2, 0.25) is 0 Å². The number of aromatic nitrogens is 2. The van der Waals surface area contributed by atoms with Crippen molar-refractivity contribution in [3.63, 3.8) is 0 Å². The first-order valence-corrected chi connectivity index (χ1v) is 9.22. The summed E-state index contributed by atoms with van der Waals surface area (Å²) < 4.78 is 0. The third kappa shape index (κ3) is 3.51. The fraction of sp³-hybridized carbons (Fsp3) is 0.750. The van der Waals surface area contributed by atoms with Crippen LogP contribution in [0.25, 0.3) is 0 Å². The molecule has 21 heavy (non-hydrogen) atoms. The van der Waals surface area contributed by atoms with Gasteiger partial charge < -0.3 is 5.32 Å². The minimum absolute atomic E-state index is 0.335. The monoisotopic (exact) mass is 306 g/mol. The van der Waals surface area contributed by atoms with Gasteiger partial charge in [-0.05, 0) is 32.8 Å². The smallest absolute Gasteiger partial charge is 0.223 e. The van der Waals surface area contributed by atoms with Crippen LogP contribution in [0.4, 0.5) is 5.95 Å². The van der Waals surface area contributed by atoms with Gasteiger partial charge in [0.2, 0.25) is 5.95 Å². The highest BCUT2D eigenvalue weighted by Crippen LogP contribution is 2.36. The van der Waals surface area contributed by atoms with Gasteiger partial charge in [0.05, 0.1) is 0 Å². The number of rotatable bonds is 4. The molecule has 1 aromatic heterocycles. The van der Waals surface area contributed by atoms with Crippen molar-refractivity contribution >= 4 is 17.7 Å². The maximum atomic E-state index is 4.53. The fourth-order valence-corrected chi connectivity index (χ4v) is 4.63. The minimum atomic E-state index is 0.335. The van der Waals surface area contributed by atoms with E-state index in [4.69, 9.17) is 0 Å². The summed E-state index contributed by atoms with van der Waals surface area (Å²) in [6.07, 6.45) is 5.35. The average molecular weight is 306 g/mol. The van der Waals surface area contributed by atoms with Gasteiger partial charge in [-0.3, -0.25) is 4.90 Å². The van der Waals surface area contributed by atoms with Gasteiger partial charge in [0, 0.05) is 48.1 Å². The molecule has 116 valence electrons. The summed E-state index contributed by atoms with van der Waals surface area (Å²) in [6, 6.07) is 2.03. The Bertz CT molecular complexity index is 459. The Labute approximate surface area is 132 Å². The van der Waals surface area contributed by atoms with Gasteiger partial charge in [-0.2, -0.15) is 11.8 Å². The van der Waals surface area contributed by atoms with Gasteiger partial charge in [0.15, 0.2) is 0 Å². The van der Waals surface area contributed by atoms with Crippen LogP contribution < -0.4 is 5.32 Å². The minimum Gasteiger partial charge on any atom is -0.352 e. The predicted molar refractivity (Wildman–Crippen MR) is 90.1 cm³/mol. The van der Waals surface area contributed by atoms with E-state index in [1.165, 1.54) is 50.3 Å². The maximum absolute atomic E-state index is 4.53. The summed E-state index contributed by atoms with van der Waals surface area (Å²) in [5.74, 6) is 3.36. The van der Waals surface area contributed by atoms with E-state index in [1.54, 1.807) is 0 Å². The fourth-order valence-electron chi connectivity index (χ4n) is 3.72. The number of hydrogen-bond donors (Lipinski definition) is 1. The first kappa shape index (κ1) is 15.1. The second-order valence-electron chi connectivity index (χ2n) is 6.36. The molecule has 0 aromatic carbocycles. The van der Waals surface area contributed by atoms with Crippen LogP contribution in [0, 0.1) is 13.8 Å². The molecule has 1 saturated carbocycles. The predicted octanol–water partition coefficient (Wildman–Crippen LogP) is 2.87. The molecule has 2 fully saturated rings. The van der Waals surface area contributed by atoms with Gasteiger partial charge >= 0.3 is 0 Å². The molecule has 0 radical (unpaired) electrons. The number of nitrogens with zero attached hydrogens (tertiary/aromatic N) is 3. The third-order valence-electron chi connectivity index (χ3n) is 4.77. The van der Waals surface area contributed by atoms with Crippen LogP contribution in [0.15, 0.2) is 6.07 Å². The van der Waals surface area contributed by atoms with E-state index in [0.717, 1.165) is 23.9 Å². The molecule has 1 aromatic rings. The van der Waals surface area contributed by atoms with Gasteiger partial charge in [0.25, 0.3) is 0 Å². The molecule has 1 saturated heterocycles. The Morgan fingerprint density at radius 1 is 1.14 bits per heavy atom. The molecule has 2 aliphatic rings. The van der Waals surface area contributed by atoms with E-state index in [9.17, 15) is 0 Å². The van der Waals surface area contributed by atoms with Crippen LogP contribution >= 0.6 is 11.8 Å². The van der Waals surface area contributed by atoms with Gasteiger partial charge in [-0.15, -0.1) is 0 Å². The molecule has 4 nitrogen and oxygen atoms in total. The number of aryl methyl sites for hydroxylation is 2. The molecule has 0 amide bonds. The van der Waals surface area contributed by atoms with Crippen molar-refractivity contribution in [2.24, 2.45) is 0 Å². The second-order valence-corrected chi connectivity index (χ2v) is 7.58. The Morgan fingerprint density at radius 3 is 2.38 bits per heavy atom. The van der Waals surface area contributed by atoms with Crippen molar-refractivity contribution in [2.75, 3.05) is 36.5 Å². The van der Waals surface area contributed by atoms with E-state index < -0.39 is 0 Å². The number of nitrogens with one attached hydrogen (secondary N) is 1. The molecule has 5 heteroatoms. The van der Waals surface area contributed by atoms with Crippen molar-refractivity contribution in [3.8, 4) is 0 Å². The van der Waals surface area contributed by atoms with E-state index >= 15 is 0 Å². The van der Waals surface area contributed by atoms with Crippen LogP contribution in [-0.4, -0.2) is 51.5 Å². The van der Waals surface area contributed by atoms with Crippen molar-refractivity contribution in [3.05, 3.63) is 17.5 Å². The molecule has 1 N–H and O–H groups in total. The molecule has 3 rings (SSSR count). The Kier molecular flexibility index (Phi) is 4.69. The topological polar surface area (TPSA) is 41.1 Å². The normalized spacial score (nSPS) is 22.4. The van der Waals surface area contributed by atoms with E-state index in [2.05, 4.69) is 31.9 Å². The molecular weight excluding hydrogens is 280 g/mol. The first-order valence-electron chi connectivity index (χ1n) is 8.07. The molecule has 0 spiro atoms.